The summed E-state index contributed by atoms with van der Waals surface area (Å²) in [5.41, 5.74) is 1.07. The first-order valence-electron chi connectivity index (χ1n) is 5.89. The van der Waals surface area contributed by atoms with Gasteiger partial charge in [-0.3, -0.25) is 4.79 Å². The van der Waals surface area contributed by atoms with E-state index in [0.29, 0.717) is 22.3 Å². The highest BCUT2D eigenvalue weighted by Crippen LogP contribution is 2.45. The molecule has 0 saturated carbocycles. The Labute approximate surface area is 133 Å². The van der Waals surface area contributed by atoms with E-state index in [1.54, 1.807) is 24.3 Å². The number of thiophene rings is 1. The van der Waals surface area contributed by atoms with Gasteiger partial charge in [0.1, 0.15) is 11.3 Å². The summed E-state index contributed by atoms with van der Waals surface area (Å²) in [5.74, 6) is -2.67. The quantitative estimate of drug-likeness (QED) is 0.784. The molecule has 1 heterocycles. The number of rotatable bonds is 6. The van der Waals surface area contributed by atoms with E-state index in [2.05, 4.69) is 0 Å². The fourth-order valence-corrected chi connectivity index (χ4v) is 3.11. The maximum atomic E-state index is 11.2. The lowest BCUT2D eigenvalue weighted by Gasteiger charge is -2.03. The summed E-state index contributed by atoms with van der Waals surface area (Å²) < 4.78 is 4.98. The summed E-state index contributed by atoms with van der Waals surface area (Å²) in [4.78, 5) is 32.7. The Morgan fingerprint density at radius 2 is 1.86 bits per heavy atom. The SMILES string of the molecule is O=Cc1ccc(-c2sc(C(=O)O)c(OCC(=O)O)c2Cl)cc1. The Kier molecular flexibility index (Phi) is 4.79. The molecule has 22 heavy (non-hydrogen) atoms. The molecule has 0 bridgehead atoms. The zero-order valence-electron chi connectivity index (χ0n) is 10.9. The molecule has 2 N–H and O–H groups in total. The van der Waals surface area contributed by atoms with Gasteiger partial charge in [0.25, 0.3) is 0 Å². The Hall–Kier alpha value is -2.38. The molecule has 0 spiro atoms. The predicted octanol–water partition coefficient (Wildman–Crippen LogP) is 3.04. The van der Waals surface area contributed by atoms with Crippen LogP contribution in [0.3, 0.4) is 0 Å². The van der Waals surface area contributed by atoms with Crippen LogP contribution in [0, 0.1) is 0 Å². The maximum Gasteiger partial charge on any atom is 0.349 e. The second-order valence-electron chi connectivity index (χ2n) is 4.13. The molecule has 1 aromatic heterocycles. The average Bonchev–Trinajstić information content (AvgIpc) is 2.82. The summed E-state index contributed by atoms with van der Waals surface area (Å²) in [6, 6.07) is 6.37. The number of carboxylic acids is 2. The van der Waals surface area contributed by atoms with E-state index in [9.17, 15) is 19.5 Å². The van der Waals surface area contributed by atoms with Gasteiger partial charge in [-0.05, 0) is 5.56 Å². The van der Waals surface area contributed by atoms with Crippen LogP contribution < -0.4 is 4.74 Å². The number of aliphatic carboxylic acids is 1. The monoisotopic (exact) mass is 340 g/mol. The van der Waals surface area contributed by atoms with E-state index >= 15 is 0 Å². The number of carboxylic acid groups (broad SMARTS) is 2. The molecule has 0 amide bonds. The molecule has 6 nitrogen and oxygen atoms in total. The van der Waals surface area contributed by atoms with Gasteiger partial charge in [0, 0.05) is 5.56 Å². The van der Waals surface area contributed by atoms with Gasteiger partial charge >= 0.3 is 11.9 Å². The van der Waals surface area contributed by atoms with E-state index in [1.165, 1.54) is 0 Å². The molecule has 0 saturated heterocycles. The first kappa shape index (κ1) is 16.0. The molecule has 2 rings (SSSR count). The third-order valence-electron chi connectivity index (χ3n) is 2.65. The van der Waals surface area contributed by atoms with Crippen LogP contribution in [0.15, 0.2) is 24.3 Å². The highest BCUT2D eigenvalue weighted by atomic mass is 35.5. The van der Waals surface area contributed by atoms with Gasteiger partial charge in [-0.2, -0.15) is 0 Å². The third-order valence-corrected chi connectivity index (χ3v) is 4.33. The standard InChI is InChI=1S/C14H9ClO6S/c15-10-11(21-6-9(17)18)13(14(19)20)22-12(10)8-3-1-7(5-16)2-4-8/h1-5H,6H2,(H,17,18)(H,19,20). The fraction of sp³-hybridized carbons (Fsp3) is 0.0714. The van der Waals surface area contributed by atoms with Crippen molar-refractivity contribution in [3.05, 3.63) is 39.7 Å². The molecule has 0 radical (unpaired) electrons. The van der Waals surface area contributed by atoms with Crippen molar-refractivity contribution in [2.45, 2.75) is 0 Å². The molecule has 0 fully saturated rings. The first-order chi connectivity index (χ1) is 10.4. The Morgan fingerprint density at radius 1 is 1.23 bits per heavy atom. The van der Waals surface area contributed by atoms with Gasteiger partial charge in [-0.15, -0.1) is 11.3 Å². The van der Waals surface area contributed by atoms with Crippen LogP contribution in [0.2, 0.25) is 5.02 Å². The molecular weight excluding hydrogens is 332 g/mol. The number of halogens is 1. The van der Waals surface area contributed by atoms with Crippen LogP contribution in [0.1, 0.15) is 20.0 Å². The minimum absolute atomic E-state index is 0.0301. The summed E-state index contributed by atoms with van der Waals surface area (Å²) in [6.07, 6.45) is 0.684. The molecule has 0 aliphatic heterocycles. The Bertz CT molecular complexity index is 735. The Morgan fingerprint density at radius 3 is 2.36 bits per heavy atom. The second kappa shape index (κ2) is 6.59. The minimum Gasteiger partial charge on any atom is -0.479 e. The van der Waals surface area contributed by atoms with Crippen LogP contribution in [0.5, 0.6) is 5.75 Å². The van der Waals surface area contributed by atoms with E-state index in [4.69, 9.17) is 21.4 Å². The van der Waals surface area contributed by atoms with Gasteiger partial charge in [-0.1, -0.05) is 35.9 Å². The van der Waals surface area contributed by atoms with Crippen LogP contribution in [0.25, 0.3) is 10.4 Å². The zero-order chi connectivity index (χ0) is 16.3. The number of hydrogen-bond acceptors (Lipinski definition) is 5. The van der Waals surface area contributed by atoms with E-state index in [-0.39, 0.29) is 15.6 Å². The number of hydrogen-bond donors (Lipinski definition) is 2. The summed E-state index contributed by atoms with van der Waals surface area (Å²) in [6.45, 7) is -0.694. The molecule has 0 aliphatic rings. The first-order valence-corrected chi connectivity index (χ1v) is 7.09. The van der Waals surface area contributed by atoms with E-state index in [1.807, 2.05) is 0 Å². The van der Waals surface area contributed by atoms with Gasteiger partial charge in [-0.25, -0.2) is 9.59 Å². The summed E-state index contributed by atoms with van der Waals surface area (Å²) in [7, 11) is 0. The zero-order valence-corrected chi connectivity index (χ0v) is 12.5. The average molecular weight is 341 g/mol. The number of carbonyl (C=O) groups is 3. The van der Waals surface area contributed by atoms with Crippen LogP contribution in [-0.2, 0) is 4.79 Å². The van der Waals surface area contributed by atoms with Crippen molar-refractivity contribution in [2.24, 2.45) is 0 Å². The van der Waals surface area contributed by atoms with Crippen LogP contribution in [0.4, 0.5) is 0 Å². The van der Waals surface area contributed by atoms with E-state index in [0.717, 1.165) is 11.3 Å². The molecule has 0 atom stereocenters. The molecule has 0 unspecified atom stereocenters. The van der Waals surface area contributed by atoms with Crippen molar-refractivity contribution < 1.29 is 29.3 Å². The van der Waals surface area contributed by atoms with Crippen molar-refractivity contribution >= 4 is 41.2 Å². The van der Waals surface area contributed by atoms with Crippen LogP contribution >= 0.6 is 22.9 Å². The van der Waals surface area contributed by atoms with E-state index < -0.39 is 18.5 Å². The smallest absolute Gasteiger partial charge is 0.349 e. The number of carbonyl (C=O) groups excluding carboxylic acids is 1. The van der Waals surface area contributed by atoms with Gasteiger partial charge in [0.2, 0.25) is 0 Å². The molecule has 2 aromatic rings. The number of aromatic carboxylic acids is 1. The third kappa shape index (κ3) is 3.26. The second-order valence-corrected chi connectivity index (χ2v) is 5.53. The van der Waals surface area contributed by atoms with Crippen LogP contribution in [-0.4, -0.2) is 35.0 Å². The highest BCUT2D eigenvalue weighted by molar-refractivity contribution is 7.18. The number of aldehydes is 1. The predicted molar refractivity (Wildman–Crippen MR) is 80.2 cm³/mol. The topological polar surface area (TPSA) is 101 Å². The lowest BCUT2D eigenvalue weighted by atomic mass is 10.1. The van der Waals surface area contributed by atoms with Crippen molar-refractivity contribution in [1.29, 1.82) is 0 Å². The highest BCUT2D eigenvalue weighted by Gasteiger charge is 2.24. The molecule has 1 aromatic carbocycles. The lowest BCUT2D eigenvalue weighted by molar-refractivity contribution is -0.139. The van der Waals surface area contributed by atoms with Gasteiger partial charge in [0.05, 0.1) is 4.88 Å². The maximum absolute atomic E-state index is 11.2. The van der Waals surface area contributed by atoms with Crippen molar-refractivity contribution in [3.8, 4) is 16.2 Å². The molecule has 114 valence electrons. The van der Waals surface area contributed by atoms with Crippen molar-refractivity contribution in [1.82, 2.24) is 0 Å². The lowest BCUT2D eigenvalue weighted by Crippen LogP contribution is -2.10. The van der Waals surface area contributed by atoms with Crippen molar-refractivity contribution in [2.75, 3.05) is 6.61 Å². The number of benzene rings is 1. The summed E-state index contributed by atoms with van der Waals surface area (Å²) in [5, 5.41) is 17.8. The Balaban J connectivity index is 2.47. The summed E-state index contributed by atoms with van der Waals surface area (Å²) >= 11 is 7.00. The van der Waals surface area contributed by atoms with Gasteiger partial charge in [0.15, 0.2) is 17.2 Å². The fourth-order valence-electron chi connectivity index (χ4n) is 1.70. The largest absolute Gasteiger partial charge is 0.479 e. The normalized spacial score (nSPS) is 10.2. The number of ether oxygens (including phenoxy) is 1. The van der Waals surface area contributed by atoms with Gasteiger partial charge < -0.3 is 14.9 Å². The molecule has 0 aliphatic carbocycles. The molecule has 8 heteroatoms. The molecular formula is C14H9ClO6S. The minimum atomic E-state index is -1.26. The van der Waals surface area contributed by atoms with Crippen molar-refractivity contribution in [3.63, 3.8) is 0 Å².